The molecular formula is C38H22N4O. The van der Waals surface area contributed by atoms with Crippen molar-refractivity contribution in [2.45, 2.75) is 0 Å². The van der Waals surface area contributed by atoms with E-state index in [1.807, 2.05) is 54.6 Å². The van der Waals surface area contributed by atoms with Gasteiger partial charge >= 0.3 is 0 Å². The van der Waals surface area contributed by atoms with E-state index in [0.29, 0.717) is 23.2 Å². The van der Waals surface area contributed by atoms with Crippen LogP contribution in [0.15, 0.2) is 138 Å². The number of hydrogen-bond acceptors (Lipinski definition) is 5. The van der Waals surface area contributed by atoms with Gasteiger partial charge in [0.25, 0.3) is 0 Å². The van der Waals surface area contributed by atoms with Crippen LogP contribution in [0.25, 0.3) is 88.7 Å². The van der Waals surface area contributed by atoms with Crippen molar-refractivity contribution in [2.24, 2.45) is 0 Å². The Kier molecular flexibility index (Phi) is 5.13. The molecule has 43 heavy (non-hydrogen) atoms. The highest BCUT2D eigenvalue weighted by molar-refractivity contribution is 6.13. The molecule has 0 aliphatic carbocycles. The molecule has 5 heteroatoms. The lowest BCUT2D eigenvalue weighted by Gasteiger charge is -2.12. The molecule has 9 rings (SSSR count). The maximum Gasteiger partial charge on any atom is 0.182 e. The van der Waals surface area contributed by atoms with Gasteiger partial charge in [0.05, 0.1) is 5.52 Å². The molecule has 9 aromatic rings. The summed E-state index contributed by atoms with van der Waals surface area (Å²) in [4.78, 5) is 20.1. The highest BCUT2D eigenvalue weighted by Crippen LogP contribution is 2.36. The molecule has 5 nitrogen and oxygen atoms in total. The molecule has 3 heterocycles. The number of aromatic nitrogens is 4. The van der Waals surface area contributed by atoms with Crippen LogP contribution in [0.5, 0.6) is 0 Å². The summed E-state index contributed by atoms with van der Waals surface area (Å²) < 4.78 is 6.10. The van der Waals surface area contributed by atoms with Crippen molar-refractivity contribution in [3.05, 3.63) is 133 Å². The molecule has 0 aliphatic rings. The van der Waals surface area contributed by atoms with E-state index in [-0.39, 0.29) is 0 Å². The molecule has 0 saturated heterocycles. The predicted molar refractivity (Wildman–Crippen MR) is 174 cm³/mol. The Hall–Kier alpha value is -5.94. The lowest BCUT2D eigenvalue weighted by molar-refractivity contribution is 0.669. The van der Waals surface area contributed by atoms with Crippen LogP contribution in [-0.2, 0) is 0 Å². The summed E-state index contributed by atoms with van der Waals surface area (Å²) in [7, 11) is 0. The van der Waals surface area contributed by atoms with E-state index in [4.69, 9.17) is 24.4 Å². The molecule has 200 valence electrons. The Bertz CT molecular complexity index is 2530. The molecular weight excluding hydrogens is 528 g/mol. The molecule has 0 aliphatic heterocycles. The topological polar surface area (TPSA) is 64.7 Å². The average molecular weight is 551 g/mol. The number of furan rings is 1. The van der Waals surface area contributed by atoms with E-state index in [2.05, 4.69) is 78.9 Å². The molecule has 3 aromatic heterocycles. The monoisotopic (exact) mass is 550 g/mol. The van der Waals surface area contributed by atoms with Crippen molar-refractivity contribution in [3.63, 3.8) is 0 Å². The fraction of sp³-hybridized carbons (Fsp3) is 0. The van der Waals surface area contributed by atoms with Crippen molar-refractivity contribution >= 4 is 54.4 Å². The van der Waals surface area contributed by atoms with Gasteiger partial charge in [0.2, 0.25) is 0 Å². The molecule has 0 atom stereocenters. The van der Waals surface area contributed by atoms with Gasteiger partial charge in [-0.25, -0.2) is 19.9 Å². The molecule has 0 radical (unpaired) electrons. The summed E-state index contributed by atoms with van der Waals surface area (Å²) >= 11 is 0. The Morgan fingerprint density at radius 2 is 1.12 bits per heavy atom. The second-order valence-corrected chi connectivity index (χ2v) is 10.7. The maximum atomic E-state index is 6.10. The van der Waals surface area contributed by atoms with Gasteiger partial charge in [-0.2, -0.15) is 0 Å². The molecule has 6 aromatic carbocycles. The molecule has 0 fully saturated rings. The minimum Gasteiger partial charge on any atom is -0.456 e. The van der Waals surface area contributed by atoms with Crippen LogP contribution in [0.3, 0.4) is 0 Å². The summed E-state index contributed by atoms with van der Waals surface area (Å²) in [6.45, 7) is 0. The van der Waals surface area contributed by atoms with E-state index in [9.17, 15) is 0 Å². The fourth-order valence-electron chi connectivity index (χ4n) is 6.04. The van der Waals surface area contributed by atoms with Crippen LogP contribution in [-0.4, -0.2) is 19.9 Å². The number of rotatable bonds is 3. The second kappa shape index (κ2) is 9.29. The Morgan fingerprint density at radius 3 is 2.07 bits per heavy atom. The third-order valence-corrected chi connectivity index (χ3v) is 8.11. The summed E-state index contributed by atoms with van der Waals surface area (Å²) in [5, 5.41) is 7.74. The van der Waals surface area contributed by atoms with Crippen molar-refractivity contribution in [1.29, 1.82) is 0 Å². The Morgan fingerprint density at radius 1 is 0.419 bits per heavy atom. The van der Waals surface area contributed by atoms with E-state index in [1.165, 1.54) is 5.39 Å². The lowest BCUT2D eigenvalue weighted by Crippen LogP contribution is -2.01. The minimum atomic E-state index is 0.528. The molecule has 0 spiro atoms. The normalized spacial score (nSPS) is 11.7. The van der Waals surface area contributed by atoms with Gasteiger partial charge in [-0.15, -0.1) is 0 Å². The smallest absolute Gasteiger partial charge is 0.182 e. The van der Waals surface area contributed by atoms with Crippen molar-refractivity contribution in [3.8, 4) is 34.3 Å². The third kappa shape index (κ3) is 3.86. The predicted octanol–water partition coefficient (Wildman–Crippen LogP) is 9.63. The Balaban J connectivity index is 1.33. The summed E-state index contributed by atoms with van der Waals surface area (Å²) in [6.07, 6.45) is 0. The van der Waals surface area contributed by atoms with Crippen molar-refractivity contribution in [1.82, 2.24) is 19.9 Å². The Labute approximate surface area is 246 Å². The zero-order valence-corrected chi connectivity index (χ0v) is 22.9. The van der Waals surface area contributed by atoms with Gasteiger partial charge in [0, 0.05) is 32.7 Å². The average Bonchev–Trinajstić information content (AvgIpc) is 3.45. The number of hydrogen-bond donors (Lipinski definition) is 0. The fourth-order valence-corrected chi connectivity index (χ4v) is 6.04. The van der Waals surface area contributed by atoms with Gasteiger partial charge in [0.15, 0.2) is 17.5 Å². The largest absolute Gasteiger partial charge is 0.456 e. The zero-order chi connectivity index (χ0) is 28.3. The quantitative estimate of drug-likeness (QED) is 0.205. The third-order valence-electron chi connectivity index (χ3n) is 8.11. The first kappa shape index (κ1) is 23.7. The van der Waals surface area contributed by atoms with Gasteiger partial charge in [-0.05, 0) is 52.6 Å². The van der Waals surface area contributed by atoms with Gasteiger partial charge < -0.3 is 4.42 Å². The van der Waals surface area contributed by atoms with E-state index >= 15 is 0 Å². The van der Waals surface area contributed by atoms with Crippen LogP contribution >= 0.6 is 0 Å². The first-order chi connectivity index (χ1) is 21.3. The second-order valence-electron chi connectivity index (χ2n) is 10.7. The molecule has 0 bridgehead atoms. The lowest BCUT2D eigenvalue weighted by atomic mass is 9.97. The molecule has 0 N–H and O–H groups in total. The maximum absolute atomic E-state index is 6.10. The highest BCUT2D eigenvalue weighted by Gasteiger charge is 2.17. The first-order valence-electron chi connectivity index (χ1n) is 14.2. The van der Waals surface area contributed by atoms with Crippen LogP contribution < -0.4 is 0 Å². The number of pyridine rings is 1. The van der Waals surface area contributed by atoms with E-state index in [0.717, 1.165) is 60.1 Å². The number of benzene rings is 6. The van der Waals surface area contributed by atoms with Gasteiger partial charge in [0.1, 0.15) is 16.9 Å². The van der Waals surface area contributed by atoms with Crippen LogP contribution in [0.1, 0.15) is 0 Å². The molecule has 0 unspecified atom stereocenters. The first-order valence-corrected chi connectivity index (χ1v) is 14.2. The summed E-state index contributed by atoms with van der Waals surface area (Å²) in [6, 6.07) is 45.4. The molecule has 0 saturated carbocycles. The van der Waals surface area contributed by atoms with E-state index in [1.54, 1.807) is 0 Å². The van der Waals surface area contributed by atoms with E-state index < -0.39 is 0 Å². The van der Waals surface area contributed by atoms with Crippen LogP contribution in [0, 0.1) is 0 Å². The standard InChI is InChI=1S/C38H22N4O/c1-3-11-27-23(8-1)16-17-25-10-7-13-29(35(25)27)37-40-36(26-19-21-34-30(22-26)28-12-4-6-15-33(28)43-34)41-38(42-37)32-20-18-24-9-2-5-14-31(24)39-32/h1-22H. The number of nitrogens with zero attached hydrogens (tertiary/aromatic N) is 4. The summed E-state index contributed by atoms with van der Waals surface area (Å²) in [5.41, 5.74) is 5.12. The number of fused-ring (bicyclic) bond motifs is 7. The van der Waals surface area contributed by atoms with Gasteiger partial charge in [-0.1, -0.05) is 97.1 Å². The van der Waals surface area contributed by atoms with Gasteiger partial charge in [-0.3, -0.25) is 0 Å². The van der Waals surface area contributed by atoms with Crippen LogP contribution in [0.4, 0.5) is 0 Å². The SMILES string of the molecule is c1ccc2nc(-c3nc(-c4ccc5oc6ccccc6c5c4)nc(-c4cccc5ccc6ccccc6c45)n3)ccc2c1. The zero-order valence-electron chi connectivity index (χ0n) is 22.9. The molecule has 0 amide bonds. The van der Waals surface area contributed by atoms with Crippen molar-refractivity contribution < 1.29 is 4.42 Å². The number of para-hydroxylation sites is 2. The highest BCUT2D eigenvalue weighted by atomic mass is 16.3. The summed E-state index contributed by atoms with van der Waals surface area (Å²) in [5.74, 6) is 1.72. The minimum absolute atomic E-state index is 0.528. The van der Waals surface area contributed by atoms with Crippen LogP contribution in [0.2, 0.25) is 0 Å². The van der Waals surface area contributed by atoms with Crippen molar-refractivity contribution in [2.75, 3.05) is 0 Å².